The van der Waals surface area contributed by atoms with Gasteiger partial charge in [-0.25, -0.2) is 0 Å². The molecular formula is C14H25N3OS. The fraction of sp³-hybridized carbons (Fsp3) is 0.643. The fourth-order valence-corrected chi connectivity index (χ4v) is 3.26. The minimum atomic E-state index is 0.0310. The third-order valence-electron chi connectivity index (χ3n) is 3.35. The number of amides is 1. The number of rotatable bonds is 7. The summed E-state index contributed by atoms with van der Waals surface area (Å²) in [5.41, 5.74) is 6.29. The predicted octanol–water partition coefficient (Wildman–Crippen LogP) is 1.90. The maximum absolute atomic E-state index is 11.6. The van der Waals surface area contributed by atoms with Gasteiger partial charge in [0, 0.05) is 22.8 Å². The monoisotopic (exact) mass is 283 g/mol. The molecule has 1 rings (SSSR count). The van der Waals surface area contributed by atoms with Crippen molar-refractivity contribution in [3.8, 4) is 0 Å². The van der Waals surface area contributed by atoms with E-state index in [9.17, 15) is 4.79 Å². The van der Waals surface area contributed by atoms with Gasteiger partial charge >= 0.3 is 0 Å². The fourth-order valence-electron chi connectivity index (χ4n) is 2.17. The lowest BCUT2D eigenvalue weighted by Gasteiger charge is -2.33. The smallest absolute Gasteiger partial charge is 0.233 e. The Morgan fingerprint density at radius 3 is 2.58 bits per heavy atom. The van der Waals surface area contributed by atoms with Crippen LogP contribution in [-0.4, -0.2) is 37.0 Å². The Balaban J connectivity index is 2.97. The van der Waals surface area contributed by atoms with Crippen LogP contribution in [0, 0.1) is 6.92 Å². The average molecular weight is 283 g/mol. The van der Waals surface area contributed by atoms with E-state index in [1.165, 1.54) is 9.75 Å². The zero-order valence-electron chi connectivity index (χ0n) is 12.3. The second-order valence-electron chi connectivity index (χ2n) is 4.70. The first-order valence-electron chi connectivity index (χ1n) is 6.80. The van der Waals surface area contributed by atoms with Crippen LogP contribution in [-0.2, 0) is 4.79 Å². The Hall–Kier alpha value is -0.910. The van der Waals surface area contributed by atoms with Gasteiger partial charge < -0.3 is 11.1 Å². The molecule has 0 aliphatic heterocycles. The maximum Gasteiger partial charge on any atom is 0.233 e. The molecule has 1 aromatic heterocycles. The van der Waals surface area contributed by atoms with Crippen molar-refractivity contribution in [2.45, 2.75) is 39.3 Å². The highest BCUT2D eigenvalue weighted by molar-refractivity contribution is 7.12. The number of thiophene rings is 1. The lowest BCUT2D eigenvalue weighted by molar-refractivity contribution is -0.122. The van der Waals surface area contributed by atoms with Gasteiger partial charge in [-0.15, -0.1) is 11.3 Å². The van der Waals surface area contributed by atoms with Crippen LogP contribution in [0.1, 0.15) is 36.1 Å². The largest absolute Gasteiger partial charge is 0.358 e. The van der Waals surface area contributed by atoms with Crippen molar-refractivity contribution in [1.82, 2.24) is 10.2 Å². The van der Waals surface area contributed by atoms with Gasteiger partial charge in [-0.2, -0.15) is 0 Å². The molecular weight excluding hydrogens is 258 g/mol. The van der Waals surface area contributed by atoms with Gasteiger partial charge in [-0.3, -0.25) is 9.69 Å². The summed E-state index contributed by atoms with van der Waals surface area (Å²) < 4.78 is 0. The molecule has 0 fully saturated rings. The number of likely N-dealkylation sites (N-methyl/N-ethyl adjacent to an activating group) is 2. The van der Waals surface area contributed by atoms with E-state index < -0.39 is 0 Å². The molecule has 1 amide bonds. The molecule has 19 heavy (non-hydrogen) atoms. The molecule has 4 nitrogen and oxygen atoms in total. The molecule has 2 unspecified atom stereocenters. The molecule has 0 aliphatic carbocycles. The molecule has 108 valence electrons. The van der Waals surface area contributed by atoms with Crippen molar-refractivity contribution < 1.29 is 4.79 Å². The van der Waals surface area contributed by atoms with Crippen LogP contribution in [0.5, 0.6) is 0 Å². The van der Waals surface area contributed by atoms with Gasteiger partial charge in [-0.05, 0) is 32.0 Å². The van der Waals surface area contributed by atoms with Crippen molar-refractivity contribution in [1.29, 1.82) is 0 Å². The summed E-state index contributed by atoms with van der Waals surface area (Å²) in [6.45, 7) is 7.45. The predicted molar refractivity (Wildman–Crippen MR) is 81.4 cm³/mol. The van der Waals surface area contributed by atoms with Gasteiger partial charge in [0.05, 0.1) is 12.6 Å². The SMILES string of the molecule is CCC(N)C(c1ccc(C)s1)N(CC)CC(=O)NC. The van der Waals surface area contributed by atoms with E-state index in [1.807, 2.05) is 0 Å². The summed E-state index contributed by atoms with van der Waals surface area (Å²) in [5, 5.41) is 2.68. The van der Waals surface area contributed by atoms with E-state index in [4.69, 9.17) is 5.73 Å². The third kappa shape index (κ3) is 4.30. The Morgan fingerprint density at radius 2 is 2.16 bits per heavy atom. The van der Waals surface area contributed by atoms with E-state index >= 15 is 0 Å². The minimum absolute atomic E-state index is 0.0310. The Kier molecular flexibility index (Phi) is 6.48. The van der Waals surface area contributed by atoms with Crippen molar-refractivity contribution in [3.05, 3.63) is 21.9 Å². The molecule has 3 N–H and O–H groups in total. The van der Waals surface area contributed by atoms with E-state index in [2.05, 4.69) is 43.1 Å². The highest BCUT2D eigenvalue weighted by Crippen LogP contribution is 2.30. The first kappa shape index (κ1) is 16.1. The zero-order valence-corrected chi connectivity index (χ0v) is 13.1. The summed E-state index contributed by atoms with van der Waals surface area (Å²) in [6, 6.07) is 4.41. The van der Waals surface area contributed by atoms with Gasteiger partial charge in [0.1, 0.15) is 0 Å². The number of aryl methyl sites for hydroxylation is 1. The Labute approximate surface area is 120 Å². The summed E-state index contributed by atoms with van der Waals surface area (Å²) in [5.74, 6) is 0.0310. The molecule has 1 aromatic rings. The zero-order chi connectivity index (χ0) is 14.4. The van der Waals surface area contributed by atoms with Crippen LogP contribution >= 0.6 is 11.3 Å². The molecule has 0 bridgehead atoms. The molecule has 0 aromatic carbocycles. The molecule has 0 saturated heterocycles. The number of hydrogen-bond acceptors (Lipinski definition) is 4. The quantitative estimate of drug-likeness (QED) is 0.803. The van der Waals surface area contributed by atoms with Crippen molar-refractivity contribution in [2.75, 3.05) is 20.1 Å². The van der Waals surface area contributed by atoms with Gasteiger partial charge in [0.15, 0.2) is 0 Å². The van der Waals surface area contributed by atoms with Crippen LogP contribution in [0.15, 0.2) is 12.1 Å². The van der Waals surface area contributed by atoms with Crippen LogP contribution in [0.3, 0.4) is 0 Å². The first-order chi connectivity index (χ1) is 9.03. The van der Waals surface area contributed by atoms with Crippen LogP contribution < -0.4 is 11.1 Å². The number of carbonyl (C=O) groups is 1. The van der Waals surface area contributed by atoms with Crippen molar-refractivity contribution >= 4 is 17.2 Å². The molecule has 2 atom stereocenters. The second kappa shape index (κ2) is 7.62. The highest BCUT2D eigenvalue weighted by atomic mass is 32.1. The minimum Gasteiger partial charge on any atom is -0.358 e. The van der Waals surface area contributed by atoms with Gasteiger partial charge in [0.25, 0.3) is 0 Å². The van der Waals surface area contributed by atoms with Crippen LogP contribution in [0.4, 0.5) is 0 Å². The van der Waals surface area contributed by atoms with E-state index in [0.717, 1.165) is 13.0 Å². The number of carbonyl (C=O) groups excluding carboxylic acids is 1. The molecule has 0 saturated carbocycles. The summed E-state index contributed by atoms with van der Waals surface area (Å²) in [6.07, 6.45) is 0.895. The van der Waals surface area contributed by atoms with E-state index in [-0.39, 0.29) is 18.0 Å². The molecule has 0 radical (unpaired) electrons. The lowest BCUT2D eigenvalue weighted by Crippen LogP contribution is -2.44. The van der Waals surface area contributed by atoms with Crippen LogP contribution in [0.25, 0.3) is 0 Å². The number of nitrogens with one attached hydrogen (secondary N) is 1. The normalized spacial score (nSPS) is 14.4. The first-order valence-corrected chi connectivity index (χ1v) is 7.61. The van der Waals surface area contributed by atoms with Crippen LogP contribution in [0.2, 0.25) is 0 Å². The van der Waals surface area contributed by atoms with E-state index in [0.29, 0.717) is 6.54 Å². The maximum atomic E-state index is 11.6. The molecule has 0 spiro atoms. The van der Waals surface area contributed by atoms with Crippen molar-refractivity contribution in [2.24, 2.45) is 5.73 Å². The number of hydrogen-bond donors (Lipinski definition) is 2. The molecule has 5 heteroatoms. The summed E-state index contributed by atoms with van der Waals surface area (Å²) >= 11 is 1.76. The van der Waals surface area contributed by atoms with Gasteiger partial charge in [-0.1, -0.05) is 13.8 Å². The molecule has 1 heterocycles. The second-order valence-corrected chi connectivity index (χ2v) is 6.02. The number of nitrogens with zero attached hydrogens (tertiary/aromatic N) is 1. The molecule has 0 aliphatic rings. The van der Waals surface area contributed by atoms with E-state index in [1.54, 1.807) is 18.4 Å². The summed E-state index contributed by atoms with van der Waals surface area (Å²) in [4.78, 5) is 16.3. The standard InChI is InChI=1S/C14H25N3OS/c1-5-11(15)14(12-8-7-10(3)19-12)17(6-2)9-13(18)16-4/h7-8,11,14H,5-6,9,15H2,1-4H3,(H,16,18). The summed E-state index contributed by atoms with van der Waals surface area (Å²) in [7, 11) is 1.67. The Bertz CT molecular complexity index is 405. The topological polar surface area (TPSA) is 58.4 Å². The van der Waals surface area contributed by atoms with Crippen molar-refractivity contribution in [3.63, 3.8) is 0 Å². The highest BCUT2D eigenvalue weighted by Gasteiger charge is 2.27. The van der Waals surface area contributed by atoms with Gasteiger partial charge in [0.2, 0.25) is 5.91 Å². The third-order valence-corrected chi connectivity index (χ3v) is 4.43. The lowest BCUT2D eigenvalue weighted by atomic mass is 10.0. The number of nitrogens with two attached hydrogens (primary N) is 1. The Morgan fingerprint density at radius 1 is 1.47 bits per heavy atom. The average Bonchev–Trinajstić information content (AvgIpc) is 2.83.